The molecule has 0 saturated carbocycles. The summed E-state index contributed by atoms with van der Waals surface area (Å²) in [5.74, 6) is -5.12. The third-order valence-electron chi connectivity index (χ3n) is 1.43. The van der Waals surface area contributed by atoms with Crippen LogP contribution >= 0.6 is 0 Å². The summed E-state index contributed by atoms with van der Waals surface area (Å²) in [5, 5.41) is 26.1. The maximum atomic E-state index is 10.8. The number of halogens is 1. The van der Waals surface area contributed by atoms with Crippen molar-refractivity contribution in [3.8, 4) is 0 Å². The number of hydrogen-bond acceptors (Lipinski definition) is 7. The molecule has 0 aliphatic carbocycles. The Morgan fingerprint density at radius 2 is 1.69 bits per heavy atom. The third-order valence-corrected chi connectivity index (χ3v) is 2.28. The van der Waals surface area contributed by atoms with Gasteiger partial charge in [0.1, 0.15) is 0 Å². The second kappa shape index (κ2) is 5.93. The minimum atomic E-state index is -4.34. The Labute approximate surface area is 97.3 Å². The number of aliphatic hydroxyl groups is 1. The van der Waals surface area contributed by atoms with E-state index in [1.807, 2.05) is 0 Å². The van der Waals surface area contributed by atoms with Gasteiger partial charge in [-0.05, 0) is 0 Å². The standard InChI is InChI=1S/C6H7IO9/c8-3(9)1-6(13,5(11)12)2-4(10)16-7(14)15/h13H,1-2H2,(H,8,9)(H,11,12). The number of carboxylic acids is 2. The van der Waals surface area contributed by atoms with Crippen molar-refractivity contribution < 1.29 is 60.7 Å². The molecule has 0 saturated heterocycles. The van der Waals surface area contributed by atoms with E-state index in [1.54, 1.807) is 0 Å². The molecule has 0 rings (SSSR count). The van der Waals surface area contributed by atoms with Crippen molar-refractivity contribution in [2.24, 2.45) is 0 Å². The maximum absolute atomic E-state index is 10.8. The van der Waals surface area contributed by atoms with Crippen molar-refractivity contribution in [3.63, 3.8) is 0 Å². The Balaban J connectivity index is 4.62. The summed E-state index contributed by atoms with van der Waals surface area (Å²) < 4.78 is 23.7. The first-order chi connectivity index (χ1) is 7.17. The summed E-state index contributed by atoms with van der Waals surface area (Å²) in [5.41, 5.74) is -2.88. The minimum Gasteiger partial charge on any atom is -0.481 e. The van der Waals surface area contributed by atoms with Crippen molar-refractivity contribution in [1.29, 1.82) is 0 Å². The van der Waals surface area contributed by atoms with E-state index in [9.17, 15) is 26.4 Å². The van der Waals surface area contributed by atoms with E-state index in [-0.39, 0.29) is 0 Å². The van der Waals surface area contributed by atoms with Crippen LogP contribution in [-0.4, -0.2) is 38.8 Å². The lowest BCUT2D eigenvalue weighted by molar-refractivity contribution is -1.62. The molecule has 92 valence electrons. The highest BCUT2D eigenvalue weighted by atomic mass is 127. The quantitative estimate of drug-likeness (QED) is 0.394. The molecule has 10 heteroatoms. The average Bonchev–Trinajstić information content (AvgIpc) is 1.98. The van der Waals surface area contributed by atoms with E-state index in [4.69, 9.17) is 10.2 Å². The molecule has 0 radical (unpaired) electrons. The van der Waals surface area contributed by atoms with Crippen LogP contribution in [0.15, 0.2) is 0 Å². The molecule has 0 bridgehead atoms. The number of carbonyl (C=O) groups is 3. The van der Waals surface area contributed by atoms with Gasteiger partial charge in [0, 0.05) is 0 Å². The molecule has 9 nitrogen and oxygen atoms in total. The van der Waals surface area contributed by atoms with Gasteiger partial charge in [0.2, 0.25) is 0 Å². The zero-order valence-electron chi connectivity index (χ0n) is 7.58. The van der Waals surface area contributed by atoms with Crippen LogP contribution in [0.1, 0.15) is 12.8 Å². The molecule has 0 amide bonds. The predicted molar refractivity (Wildman–Crippen MR) is 35.5 cm³/mol. The molecule has 1 unspecified atom stereocenters. The van der Waals surface area contributed by atoms with Crippen molar-refractivity contribution in [2.75, 3.05) is 0 Å². The molecule has 0 aromatic rings. The number of carboxylic acid groups (broad SMARTS) is 2. The summed E-state index contributed by atoms with van der Waals surface area (Å²) in [6.07, 6.45) is -2.50. The second-order valence-electron chi connectivity index (χ2n) is 2.72. The average molecular weight is 350 g/mol. The topological polar surface area (TPSA) is 167 Å². The van der Waals surface area contributed by atoms with Crippen molar-refractivity contribution in [1.82, 2.24) is 0 Å². The van der Waals surface area contributed by atoms with Crippen LogP contribution in [0.3, 0.4) is 0 Å². The summed E-state index contributed by atoms with van der Waals surface area (Å²) in [6, 6.07) is 0. The first-order valence-electron chi connectivity index (χ1n) is 3.61. The molecule has 0 aromatic heterocycles. The lowest BCUT2D eigenvalue weighted by Gasteiger charge is -2.18. The lowest BCUT2D eigenvalue weighted by atomic mass is 9.96. The van der Waals surface area contributed by atoms with Crippen molar-refractivity contribution in [2.45, 2.75) is 18.4 Å². The molecule has 0 aliphatic heterocycles. The number of rotatable bonds is 6. The van der Waals surface area contributed by atoms with E-state index in [2.05, 4.69) is 3.07 Å². The maximum Gasteiger partial charge on any atom is 0.574 e. The van der Waals surface area contributed by atoms with Gasteiger partial charge in [-0.2, -0.15) is 0 Å². The highest BCUT2D eigenvalue weighted by Gasteiger charge is 2.43. The summed E-state index contributed by atoms with van der Waals surface area (Å²) in [7, 11) is 0. The van der Waals surface area contributed by atoms with Gasteiger partial charge in [-0.15, -0.1) is 3.07 Å². The van der Waals surface area contributed by atoms with E-state index in [0.717, 1.165) is 0 Å². The van der Waals surface area contributed by atoms with Gasteiger partial charge in [-0.25, -0.2) is 9.59 Å². The summed E-state index contributed by atoms with van der Waals surface area (Å²) in [4.78, 5) is 31.5. The van der Waals surface area contributed by atoms with E-state index in [0.29, 0.717) is 0 Å². The molecule has 0 heterocycles. The number of carbonyl (C=O) groups excluding carboxylic acids is 1. The first-order valence-corrected chi connectivity index (χ1v) is 6.26. The molecular formula is C6H7IO9. The molecule has 0 aliphatic rings. The van der Waals surface area contributed by atoms with Crippen LogP contribution in [0.25, 0.3) is 0 Å². The Hall–Kier alpha value is -0.980. The van der Waals surface area contributed by atoms with Gasteiger partial charge in [0.15, 0.2) is 5.60 Å². The van der Waals surface area contributed by atoms with Crippen LogP contribution in [-0.2, 0) is 17.4 Å². The zero-order chi connectivity index (χ0) is 12.9. The normalized spacial score (nSPS) is 14.2. The van der Waals surface area contributed by atoms with E-state index < -0.39 is 57.4 Å². The Kier molecular flexibility index (Phi) is 5.57. The molecule has 0 fully saturated rings. The summed E-state index contributed by atoms with van der Waals surface area (Å²) >= 11 is -4.34. The molecule has 0 aromatic carbocycles. The first kappa shape index (κ1) is 15.0. The fourth-order valence-corrected chi connectivity index (χ4v) is 1.36. The molecular weight excluding hydrogens is 343 g/mol. The van der Waals surface area contributed by atoms with Gasteiger partial charge in [-0.3, -0.25) is 4.79 Å². The number of hydrogen-bond donors (Lipinski definition) is 3. The van der Waals surface area contributed by atoms with Crippen molar-refractivity contribution >= 4 is 17.9 Å². The van der Waals surface area contributed by atoms with Gasteiger partial charge in [0.25, 0.3) is 0 Å². The van der Waals surface area contributed by atoms with Crippen LogP contribution in [0, 0.1) is 0 Å². The fourth-order valence-electron chi connectivity index (χ4n) is 0.800. The Morgan fingerprint density at radius 3 is 2.00 bits per heavy atom. The van der Waals surface area contributed by atoms with Gasteiger partial charge < -0.3 is 22.2 Å². The Morgan fingerprint density at radius 1 is 1.19 bits per heavy atom. The van der Waals surface area contributed by atoms with Gasteiger partial charge >= 0.3 is 39.0 Å². The predicted octanol–water partition coefficient (Wildman–Crippen LogP) is -6.70. The fraction of sp³-hybridized carbons (Fsp3) is 0.500. The largest absolute Gasteiger partial charge is 0.574 e. The molecule has 0 spiro atoms. The Bertz CT molecular complexity index is 300. The van der Waals surface area contributed by atoms with E-state index >= 15 is 0 Å². The smallest absolute Gasteiger partial charge is 0.481 e. The van der Waals surface area contributed by atoms with Crippen molar-refractivity contribution in [3.05, 3.63) is 0 Å². The van der Waals surface area contributed by atoms with Gasteiger partial charge in [-0.1, -0.05) is 0 Å². The minimum absolute atomic E-state index is 1.25. The lowest BCUT2D eigenvalue weighted by Crippen LogP contribution is -3.99. The van der Waals surface area contributed by atoms with Crippen LogP contribution in [0.4, 0.5) is 0 Å². The highest BCUT2D eigenvalue weighted by Crippen LogP contribution is 2.16. The highest BCUT2D eigenvalue weighted by molar-refractivity contribution is 5.88. The van der Waals surface area contributed by atoms with Gasteiger partial charge in [0.05, 0.1) is 12.8 Å². The van der Waals surface area contributed by atoms with Crippen LogP contribution < -0.4 is 27.9 Å². The molecule has 1 atom stereocenters. The summed E-state index contributed by atoms with van der Waals surface area (Å²) in [6.45, 7) is 0. The SMILES string of the molecule is O=C(O)CC(O)(CC(=O)O[I+2]([O-])[O-])C(=O)O. The monoisotopic (exact) mass is 350 g/mol. The molecule has 3 N–H and O–H groups in total. The molecule has 16 heavy (non-hydrogen) atoms. The second-order valence-corrected chi connectivity index (χ2v) is 4.24. The zero-order valence-corrected chi connectivity index (χ0v) is 9.74. The third kappa shape index (κ3) is 5.20. The van der Waals surface area contributed by atoms with Crippen LogP contribution in [0.2, 0.25) is 0 Å². The van der Waals surface area contributed by atoms with E-state index in [1.165, 1.54) is 0 Å². The number of aliphatic carboxylic acids is 2. The van der Waals surface area contributed by atoms with Crippen LogP contribution in [0.5, 0.6) is 0 Å².